The van der Waals surface area contributed by atoms with Crippen LogP contribution < -0.4 is 14.4 Å². The molecular formula is C23H22N2O5S. The molecule has 0 bridgehead atoms. The Labute approximate surface area is 183 Å². The lowest BCUT2D eigenvalue weighted by molar-refractivity contribution is 0.0896. The van der Waals surface area contributed by atoms with Crippen LogP contribution in [0.2, 0.25) is 0 Å². The molecular weight excluding hydrogens is 416 g/mol. The molecule has 2 aromatic heterocycles. The van der Waals surface area contributed by atoms with Crippen LogP contribution in [0.1, 0.15) is 23.4 Å². The number of aromatic nitrogens is 1. The van der Waals surface area contributed by atoms with Gasteiger partial charge in [0.1, 0.15) is 27.3 Å². The molecule has 4 aromatic rings. The minimum absolute atomic E-state index is 0.0378. The fourth-order valence-corrected chi connectivity index (χ4v) is 4.93. The smallest absolute Gasteiger partial charge is 0.295 e. The van der Waals surface area contributed by atoms with Gasteiger partial charge in [-0.25, -0.2) is 4.98 Å². The number of benzene rings is 2. The Morgan fingerprint density at radius 3 is 2.74 bits per heavy atom. The molecule has 0 aliphatic carbocycles. The largest absolute Gasteiger partial charge is 0.495 e. The molecule has 3 heterocycles. The quantitative estimate of drug-likeness (QED) is 0.427. The van der Waals surface area contributed by atoms with Crippen molar-refractivity contribution in [2.75, 3.05) is 32.3 Å². The lowest BCUT2D eigenvalue weighted by atomic mass is 10.2. The van der Waals surface area contributed by atoms with Gasteiger partial charge in [-0.1, -0.05) is 29.5 Å². The van der Waals surface area contributed by atoms with Gasteiger partial charge in [0.25, 0.3) is 5.91 Å². The number of methoxy groups -OCH3 is 2. The molecule has 8 heteroatoms. The lowest BCUT2D eigenvalue weighted by Crippen LogP contribution is -2.37. The Kier molecular flexibility index (Phi) is 5.25. The number of fused-ring (bicyclic) bond motifs is 2. The zero-order chi connectivity index (χ0) is 21.4. The molecule has 1 atom stereocenters. The molecule has 5 rings (SSSR count). The average molecular weight is 439 g/mol. The van der Waals surface area contributed by atoms with Crippen molar-refractivity contribution in [3.63, 3.8) is 0 Å². The van der Waals surface area contributed by atoms with Crippen molar-refractivity contribution in [3.8, 4) is 11.5 Å². The SMILES string of the molecule is COc1ccc(OC)c2sc(N(C[C@H]3CCCO3)C(=O)c3cc4ccccc4o3)nc12. The molecule has 0 radical (unpaired) electrons. The molecule has 0 N–H and O–H groups in total. The first-order chi connectivity index (χ1) is 15.2. The van der Waals surface area contributed by atoms with Gasteiger partial charge in [-0.15, -0.1) is 0 Å². The number of amides is 1. The van der Waals surface area contributed by atoms with Crippen molar-refractivity contribution in [2.24, 2.45) is 0 Å². The van der Waals surface area contributed by atoms with E-state index < -0.39 is 0 Å². The van der Waals surface area contributed by atoms with E-state index in [1.165, 1.54) is 11.3 Å². The third kappa shape index (κ3) is 3.62. The van der Waals surface area contributed by atoms with Crippen molar-refractivity contribution in [1.82, 2.24) is 4.98 Å². The number of hydrogen-bond acceptors (Lipinski definition) is 7. The fourth-order valence-electron chi connectivity index (χ4n) is 3.85. The van der Waals surface area contributed by atoms with Gasteiger partial charge in [0.15, 0.2) is 10.9 Å². The van der Waals surface area contributed by atoms with Crippen molar-refractivity contribution < 1.29 is 23.4 Å². The zero-order valence-electron chi connectivity index (χ0n) is 17.3. The summed E-state index contributed by atoms with van der Waals surface area (Å²) >= 11 is 1.39. The standard InChI is InChI=1S/C23H22N2O5S/c1-27-17-9-10-18(28-2)21-20(17)24-23(31-21)25(13-15-7-5-11-29-15)22(26)19-12-14-6-3-4-8-16(14)30-19/h3-4,6,8-10,12,15H,5,7,11,13H2,1-2H3/t15-/m1/s1. The monoisotopic (exact) mass is 438 g/mol. The van der Waals surface area contributed by atoms with E-state index in [4.69, 9.17) is 23.6 Å². The lowest BCUT2D eigenvalue weighted by Gasteiger charge is -2.22. The molecule has 31 heavy (non-hydrogen) atoms. The topological polar surface area (TPSA) is 74.0 Å². The first kappa shape index (κ1) is 19.8. The molecule has 1 amide bonds. The Balaban J connectivity index is 1.59. The van der Waals surface area contributed by atoms with E-state index in [2.05, 4.69) is 0 Å². The van der Waals surface area contributed by atoms with Gasteiger partial charge in [0.2, 0.25) is 0 Å². The number of rotatable bonds is 6. The van der Waals surface area contributed by atoms with E-state index >= 15 is 0 Å². The summed E-state index contributed by atoms with van der Waals surface area (Å²) in [5.74, 6) is 1.35. The molecule has 2 aromatic carbocycles. The van der Waals surface area contributed by atoms with Gasteiger partial charge < -0.3 is 18.6 Å². The van der Waals surface area contributed by atoms with Crippen molar-refractivity contribution in [3.05, 3.63) is 48.2 Å². The van der Waals surface area contributed by atoms with E-state index in [-0.39, 0.29) is 17.8 Å². The van der Waals surface area contributed by atoms with Gasteiger partial charge in [0.05, 0.1) is 26.9 Å². The number of hydrogen-bond donors (Lipinski definition) is 0. The van der Waals surface area contributed by atoms with Crippen LogP contribution in [0.3, 0.4) is 0 Å². The summed E-state index contributed by atoms with van der Waals surface area (Å²) in [5.41, 5.74) is 1.34. The fraction of sp³-hybridized carbons (Fsp3) is 0.304. The van der Waals surface area contributed by atoms with Crippen LogP contribution in [0.5, 0.6) is 11.5 Å². The molecule has 7 nitrogen and oxygen atoms in total. The first-order valence-corrected chi connectivity index (χ1v) is 10.9. The van der Waals surface area contributed by atoms with Crippen LogP contribution in [-0.4, -0.2) is 44.4 Å². The maximum atomic E-state index is 13.6. The molecule has 1 fully saturated rings. The number of nitrogens with zero attached hydrogens (tertiary/aromatic N) is 2. The summed E-state index contributed by atoms with van der Waals surface area (Å²) in [6, 6.07) is 13.0. The third-order valence-electron chi connectivity index (χ3n) is 5.42. The van der Waals surface area contributed by atoms with E-state index in [0.29, 0.717) is 40.9 Å². The summed E-state index contributed by atoms with van der Waals surface area (Å²) in [6.45, 7) is 1.11. The van der Waals surface area contributed by atoms with Crippen LogP contribution in [-0.2, 0) is 4.74 Å². The number of thiazole rings is 1. The van der Waals surface area contributed by atoms with E-state index in [0.717, 1.165) is 22.9 Å². The second kappa shape index (κ2) is 8.20. The second-order valence-corrected chi connectivity index (χ2v) is 8.32. The van der Waals surface area contributed by atoms with Crippen LogP contribution in [0.15, 0.2) is 46.9 Å². The van der Waals surface area contributed by atoms with Gasteiger partial charge in [-0.2, -0.15) is 0 Å². The molecule has 1 saturated heterocycles. The highest BCUT2D eigenvalue weighted by atomic mass is 32.1. The van der Waals surface area contributed by atoms with Crippen molar-refractivity contribution in [2.45, 2.75) is 18.9 Å². The number of para-hydroxylation sites is 1. The molecule has 0 spiro atoms. The van der Waals surface area contributed by atoms with E-state index in [9.17, 15) is 4.79 Å². The molecule has 160 valence electrons. The molecule has 1 aliphatic heterocycles. The summed E-state index contributed by atoms with van der Waals surface area (Å²) in [5, 5.41) is 1.44. The van der Waals surface area contributed by atoms with Gasteiger partial charge in [0, 0.05) is 12.0 Å². The Morgan fingerprint density at radius 1 is 1.19 bits per heavy atom. The predicted octanol–water partition coefficient (Wildman–Crippen LogP) is 4.89. The van der Waals surface area contributed by atoms with Crippen molar-refractivity contribution >= 4 is 43.6 Å². The number of anilines is 1. The van der Waals surface area contributed by atoms with E-state index in [1.807, 2.05) is 36.4 Å². The second-order valence-electron chi connectivity index (χ2n) is 7.34. The van der Waals surface area contributed by atoms with Crippen LogP contribution >= 0.6 is 11.3 Å². The van der Waals surface area contributed by atoms with Gasteiger partial charge in [-0.3, -0.25) is 9.69 Å². The van der Waals surface area contributed by atoms with Crippen LogP contribution in [0.25, 0.3) is 21.2 Å². The molecule has 1 aliphatic rings. The number of carbonyl (C=O) groups excluding carboxylic acids is 1. The highest BCUT2D eigenvalue weighted by Gasteiger charge is 2.30. The minimum atomic E-state index is -0.247. The third-order valence-corrected chi connectivity index (χ3v) is 6.51. The van der Waals surface area contributed by atoms with Gasteiger partial charge in [-0.05, 0) is 37.1 Å². The molecule has 0 unspecified atom stereocenters. The summed E-state index contributed by atoms with van der Waals surface area (Å²) in [6.07, 6.45) is 1.85. The number of furan rings is 1. The summed E-state index contributed by atoms with van der Waals surface area (Å²) in [4.78, 5) is 20.0. The molecule has 0 saturated carbocycles. The number of carbonyl (C=O) groups is 1. The Morgan fingerprint density at radius 2 is 2.00 bits per heavy atom. The van der Waals surface area contributed by atoms with Crippen LogP contribution in [0, 0.1) is 0 Å². The maximum absolute atomic E-state index is 13.6. The van der Waals surface area contributed by atoms with E-state index in [1.54, 1.807) is 25.2 Å². The maximum Gasteiger partial charge on any atom is 0.295 e. The average Bonchev–Trinajstić information content (AvgIpc) is 3.55. The highest BCUT2D eigenvalue weighted by molar-refractivity contribution is 7.22. The first-order valence-electron chi connectivity index (χ1n) is 10.1. The highest BCUT2D eigenvalue weighted by Crippen LogP contribution is 2.40. The summed E-state index contributed by atoms with van der Waals surface area (Å²) < 4.78 is 23.5. The predicted molar refractivity (Wildman–Crippen MR) is 120 cm³/mol. The Hall–Kier alpha value is -3.10. The summed E-state index contributed by atoms with van der Waals surface area (Å²) in [7, 11) is 3.22. The minimum Gasteiger partial charge on any atom is -0.495 e. The number of ether oxygens (including phenoxy) is 3. The normalized spacial score (nSPS) is 16.1. The van der Waals surface area contributed by atoms with Crippen LogP contribution in [0.4, 0.5) is 5.13 Å². The zero-order valence-corrected chi connectivity index (χ0v) is 18.1. The van der Waals surface area contributed by atoms with Gasteiger partial charge >= 0.3 is 0 Å². The van der Waals surface area contributed by atoms with Crippen molar-refractivity contribution in [1.29, 1.82) is 0 Å². The Bertz CT molecular complexity index is 1170.